The first-order chi connectivity index (χ1) is 6.23. The maximum Gasteiger partial charge on any atom is 0.142 e. The van der Waals surface area contributed by atoms with Gasteiger partial charge in [0.25, 0.3) is 0 Å². The van der Waals surface area contributed by atoms with Gasteiger partial charge in [0.15, 0.2) is 0 Å². The Morgan fingerprint density at radius 3 is 3.08 bits per heavy atom. The van der Waals surface area contributed by atoms with E-state index in [0.29, 0.717) is 13.2 Å². The number of anilines is 1. The van der Waals surface area contributed by atoms with E-state index in [4.69, 9.17) is 10.5 Å². The van der Waals surface area contributed by atoms with E-state index >= 15 is 0 Å². The fourth-order valence-electron chi connectivity index (χ4n) is 1.40. The van der Waals surface area contributed by atoms with Gasteiger partial charge in [-0.3, -0.25) is 0 Å². The molecule has 1 unspecified atom stereocenters. The van der Waals surface area contributed by atoms with Gasteiger partial charge < -0.3 is 15.8 Å². The molecule has 0 aliphatic carbocycles. The Hall–Kier alpha value is -1.22. The molecule has 13 heavy (non-hydrogen) atoms. The molecular formula is C10H14N2O. The van der Waals surface area contributed by atoms with Gasteiger partial charge in [0.2, 0.25) is 0 Å². The highest BCUT2D eigenvalue weighted by molar-refractivity contribution is 5.59. The summed E-state index contributed by atoms with van der Waals surface area (Å²) < 4.78 is 5.59. The van der Waals surface area contributed by atoms with E-state index in [9.17, 15) is 0 Å². The summed E-state index contributed by atoms with van der Waals surface area (Å²) in [5, 5.41) is 3.37. The standard InChI is InChI=1S/C10H14N2O/c1-10(6-11)7-13-9-5-3-2-4-8(9)12-10/h2-5,12H,6-7,11H2,1H3. The molecule has 0 bridgehead atoms. The summed E-state index contributed by atoms with van der Waals surface area (Å²) in [6, 6.07) is 7.91. The maximum absolute atomic E-state index is 5.65. The normalized spacial score (nSPS) is 25.7. The van der Waals surface area contributed by atoms with Crippen molar-refractivity contribution < 1.29 is 4.74 Å². The molecule has 0 spiro atoms. The number of benzene rings is 1. The van der Waals surface area contributed by atoms with Crippen LogP contribution >= 0.6 is 0 Å². The Kier molecular flexibility index (Phi) is 1.88. The number of nitrogens with two attached hydrogens (primary N) is 1. The Morgan fingerprint density at radius 1 is 1.54 bits per heavy atom. The third kappa shape index (κ3) is 1.47. The van der Waals surface area contributed by atoms with Crippen molar-refractivity contribution in [3.05, 3.63) is 24.3 Å². The number of ether oxygens (including phenoxy) is 1. The highest BCUT2D eigenvalue weighted by Gasteiger charge is 2.28. The number of fused-ring (bicyclic) bond motifs is 1. The van der Waals surface area contributed by atoms with Crippen LogP contribution in [0.5, 0.6) is 5.75 Å². The van der Waals surface area contributed by atoms with Crippen LogP contribution in [0.15, 0.2) is 24.3 Å². The quantitative estimate of drug-likeness (QED) is 0.679. The van der Waals surface area contributed by atoms with Gasteiger partial charge in [0.1, 0.15) is 12.4 Å². The third-order valence-electron chi connectivity index (χ3n) is 2.32. The smallest absolute Gasteiger partial charge is 0.142 e. The van der Waals surface area contributed by atoms with Gasteiger partial charge in [-0.2, -0.15) is 0 Å². The fourth-order valence-corrected chi connectivity index (χ4v) is 1.40. The molecule has 1 heterocycles. The Labute approximate surface area is 77.9 Å². The van der Waals surface area contributed by atoms with E-state index in [2.05, 4.69) is 12.2 Å². The molecule has 0 radical (unpaired) electrons. The van der Waals surface area contributed by atoms with Crippen LogP contribution < -0.4 is 15.8 Å². The van der Waals surface area contributed by atoms with E-state index in [1.54, 1.807) is 0 Å². The summed E-state index contributed by atoms with van der Waals surface area (Å²) in [4.78, 5) is 0. The zero-order valence-corrected chi connectivity index (χ0v) is 7.71. The van der Waals surface area contributed by atoms with Crippen molar-refractivity contribution in [3.8, 4) is 5.75 Å². The summed E-state index contributed by atoms with van der Waals surface area (Å²) >= 11 is 0. The third-order valence-corrected chi connectivity index (χ3v) is 2.32. The summed E-state index contributed by atoms with van der Waals surface area (Å²) in [5.41, 5.74) is 6.55. The molecular weight excluding hydrogens is 164 g/mol. The molecule has 3 N–H and O–H groups in total. The molecule has 3 heteroatoms. The van der Waals surface area contributed by atoms with Gasteiger partial charge in [0.05, 0.1) is 11.2 Å². The van der Waals surface area contributed by atoms with E-state index < -0.39 is 0 Å². The van der Waals surface area contributed by atoms with Crippen molar-refractivity contribution in [2.75, 3.05) is 18.5 Å². The van der Waals surface area contributed by atoms with Crippen LogP contribution in [-0.4, -0.2) is 18.7 Å². The summed E-state index contributed by atoms with van der Waals surface area (Å²) in [5.74, 6) is 0.911. The average molecular weight is 178 g/mol. The molecule has 0 amide bonds. The van der Waals surface area contributed by atoms with Crippen molar-refractivity contribution >= 4 is 5.69 Å². The summed E-state index contributed by atoms with van der Waals surface area (Å²) in [6.07, 6.45) is 0. The second-order valence-electron chi connectivity index (χ2n) is 3.67. The lowest BCUT2D eigenvalue weighted by Crippen LogP contribution is -2.49. The molecule has 70 valence electrons. The number of nitrogens with one attached hydrogen (secondary N) is 1. The first-order valence-corrected chi connectivity index (χ1v) is 4.44. The number of para-hydroxylation sites is 2. The van der Waals surface area contributed by atoms with Crippen LogP contribution in [0.4, 0.5) is 5.69 Å². The van der Waals surface area contributed by atoms with E-state index in [-0.39, 0.29) is 5.54 Å². The Morgan fingerprint density at radius 2 is 2.31 bits per heavy atom. The van der Waals surface area contributed by atoms with Crippen LogP contribution in [0.1, 0.15) is 6.92 Å². The van der Waals surface area contributed by atoms with Gasteiger partial charge in [0, 0.05) is 6.54 Å². The molecule has 0 fully saturated rings. The minimum absolute atomic E-state index is 0.131. The van der Waals surface area contributed by atoms with Crippen LogP contribution in [0, 0.1) is 0 Å². The van der Waals surface area contributed by atoms with Crippen molar-refractivity contribution in [3.63, 3.8) is 0 Å². The van der Waals surface area contributed by atoms with Gasteiger partial charge in [-0.05, 0) is 19.1 Å². The van der Waals surface area contributed by atoms with E-state index in [1.165, 1.54) is 0 Å². The van der Waals surface area contributed by atoms with Crippen LogP contribution in [-0.2, 0) is 0 Å². The largest absolute Gasteiger partial charge is 0.489 e. The topological polar surface area (TPSA) is 47.3 Å². The molecule has 1 atom stereocenters. The van der Waals surface area contributed by atoms with Gasteiger partial charge in [-0.15, -0.1) is 0 Å². The maximum atomic E-state index is 5.65. The van der Waals surface area contributed by atoms with E-state index in [1.807, 2.05) is 24.3 Å². The Balaban J connectivity index is 2.29. The number of hydrogen-bond donors (Lipinski definition) is 2. The second-order valence-corrected chi connectivity index (χ2v) is 3.67. The number of rotatable bonds is 1. The number of hydrogen-bond acceptors (Lipinski definition) is 3. The molecule has 1 aliphatic heterocycles. The van der Waals surface area contributed by atoms with Gasteiger partial charge >= 0.3 is 0 Å². The first-order valence-electron chi connectivity index (χ1n) is 4.44. The van der Waals surface area contributed by atoms with Crippen molar-refractivity contribution in [2.45, 2.75) is 12.5 Å². The van der Waals surface area contributed by atoms with Crippen LogP contribution in [0.25, 0.3) is 0 Å². The highest BCUT2D eigenvalue weighted by Crippen LogP contribution is 2.31. The molecule has 1 aromatic rings. The minimum atomic E-state index is -0.131. The SMILES string of the molecule is CC1(CN)COc2ccccc2N1. The molecule has 0 aromatic heterocycles. The molecule has 2 rings (SSSR count). The van der Waals surface area contributed by atoms with Crippen molar-refractivity contribution in [1.29, 1.82) is 0 Å². The fraction of sp³-hybridized carbons (Fsp3) is 0.400. The van der Waals surface area contributed by atoms with Crippen molar-refractivity contribution in [2.24, 2.45) is 5.73 Å². The molecule has 1 aromatic carbocycles. The Bertz CT molecular complexity index is 314. The lowest BCUT2D eigenvalue weighted by molar-refractivity contribution is 0.234. The minimum Gasteiger partial charge on any atom is -0.489 e. The molecule has 1 aliphatic rings. The predicted molar refractivity (Wildman–Crippen MR) is 53.0 cm³/mol. The molecule has 0 saturated carbocycles. The summed E-state index contributed by atoms with van der Waals surface area (Å²) in [7, 11) is 0. The highest BCUT2D eigenvalue weighted by atomic mass is 16.5. The predicted octanol–water partition coefficient (Wildman–Crippen LogP) is 1.21. The zero-order valence-electron chi connectivity index (χ0n) is 7.71. The molecule has 0 saturated heterocycles. The first kappa shape index (κ1) is 8.38. The lowest BCUT2D eigenvalue weighted by atomic mass is 10.0. The average Bonchev–Trinajstić information content (AvgIpc) is 2.18. The van der Waals surface area contributed by atoms with Gasteiger partial charge in [-0.1, -0.05) is 12.1 Å². The molecule has 3 nitrogen and oxygen atoms in total. The van der Waals surface area contributed by atoms with Gasteiger partial charge in [-0.25, -0.2) is 0 Å². The summed E-state index contributed by atoms with van der Waals surface area (Å²) in [6.45, 7) is 3.25. The van der Waals surface area contributed by atoms with Crippen LogP contribution in [0.3, 0.4) is 0 Å². The zero-order chi connectivity index (χ0) is 9.31. The second kappa shape index (κ2) is 2.92. The van der Waals surface area contributed by atoms with E-state index in [0.717, 1.165) is 11.4 Å². The lowest BCUT2D eigenvalue weighted by Gasteiger charge is -2.35. The van der Waals surface area contributed by atoms with Crippen LogP contribution in [0.2, 0.25) is 0 Å². The van der Waals surface area contributed by atoms with Crippen molar-refractivity contribution in [1.82, 2.24) is 0 Å². The monoisotopic (exact) mass is 178 g/mol.